The molecule has 20 heavy (non-hydrogen) atoms. The zero-order chi connectivity index (χ0) is 15.2. The molecule has 7 heteroatoms. The maximum absolute atomic E-state index is 11.5. The number of rotatable bonds is 5. The van der Waals surface area contributed by atoms with Gasteiger partial charge in [0.2, 0.25) is 0 Å². The van der Waals surface area contributed by atoms with Gasteiger partial charge in [0, 0.05) is 0 Å². The first-order chi connectivity index (χ1) is 9.29. The van der Waals surface area contributed by atoms with Crippen molar-refractivity contribution in [2.75, 3.05) is 0 Å². The number of aliphatic carboxylic acids is 1. The summed E-state index contributed by atoms with van der Waals surface area (Å²) < 4.78 is -2.13. The van der Waals surface area contributed by atoms with Gasteiger partial charge >= 0.3 is 5.97 Å². The fourth-order valence-corrected chi connectivity index (χ4v) is 1.56. The Morgan fingerprint density at radius 1 is 1.25 bits per heavy atom. The molecule has 0 fully saturated rings. The number of alkyl halides is 3. The maximum Gasteiger partial charge on any atom is 0.305 e. The van der Waals surface area contributed by atoms with Gasteiger partial charge in [-0.05, 0) is 5.56 Å². The van der Waals surface area contributed by atoms with Gasteiger partial charge < -0.3 is 10.4 Å². The molecule has 0 heterocycles. The normalized spacial score (nSPS) is 13.2. The van der Waals surface area contributed by atoms with Crippen molar-refractivity contribution >= 4 is 52.8 Å². The van der Waals surface area contributed by atoms with Gasteiger partial charge in [0.15, 0.2) is 0 Å². The van der Waals surface area contributed by atoms with E-state index in [1.54, 1.807) is 6.08 Å². The maximum atomic E-state index is 11.5. The summed E-state index contributed by atoms with van der Waals surface area (Å²) in [5.74, 6) is -1.94. The zero-order valence-electron chi connectivity index (χ0n) is 10.2. The second-order valence-corrected chi connectivity index (χ2v) is 6.23. The van der Waals surface area contributed by atoms with Crippen LogP contribution in [-0.4, -0.2) is 26.8 Å². The topological polar surface area (TPSA) is 66.4 Å². The number of amides is 1. The number of benzene rings is 1. The second-order valence-electron chi connectivity index (χ2n) is 3.95. The van der Waals surface area contributed by atoms with Crippen molar-refractivity contribution in [1.82, 2.24) is 5.32 Å². The van der Waals surface area contributed by atoms with Crippen LogP contribution >= 0.6 is 34.8 Å². The molecule has 0 saturated heterocycles. The third-order valence-corrected chi connectivity index (χ3v) is 2.80. The molecule has 0 aliphatic heterocycles. The van der Waals surface area contributed by atoms with Crippen molar-refractivity contribution in [3.63, 3.8) is 0 Å². The van der Waals surface area contributed by atoms with Gasteiger partial charge in [0.25, 0.3) is 9.70 Å². The highest BCUT2D eigenvalue weighted by molar-refractivity contribution is 6.76. The first kappa shape index (κ1) is 16.8. The molecule has 0 aliphatic carbocycles. The van der Waals surface area contributed by atoms with E-state index < -0.39 is 21.7 Å². The SMILES string of the molecule is O=C(O)C[C@@H](/C=C/c1ccccc1)NC(=O)C(Cl)(Cl)Cl. The minimum absolute atomic E-state index is 0.310. The lowest BCUT2D eigenvalue weighted by atomic mass is 10.1. The van der Waals surface area contributed by atoms with Crippen LogP contribution in [0.25, 0.3) is 6.08 Å². The Morgan fingerprint density at radius 3 is 2.35 bits per heavy atom. The van der Waals surface area contributed by atoms with Gasteiger partial charge in [-0.15, -0.1) is 0 Å². The minimum atomic E-state index is -2.13. The molecule has 1 rings (SSSR count). The third-order valence-electron chi connectivity index (χ3n) is 2.29. The van der Waals surface area contributed by atoms with Gasteiger partial charge in [-0.1, -0.05) is 77.3 Å². The fraction of sp³-hybridized carbons (Fsp3) is 0.231. The standard InChI is InChI=1S/C13H12Cl3NO3/c14-13(15,16)12(20)17-10(8-11(18)19)7-6-9-4-2-1-3-5-9/h1-7,10H,8H2,(H,17,20)(H,18,19)/b7-6+/t10-/m1/s1. The van der Waals surface area contributed by atoms with E-state index in [0.29, 0.717) is 0 Å². The Morgan fingerprint density at radius 2 is 1.85 bits per heavy atom. The molecule has 1 atom stereocenters. The molecule has 0 unspecified atom stereocenters. The summed E-state index contributed by atoms with van der Waals surface area (Å²) in [4.78, 5) is 22.3. The first-order valence-electron chi connectivity index (χ1n) is 5.62. The van der Waals surface area contributed by atoms with E-state index in [4.69, 9.17) is 39.9 Å². The summed E-state index contributed by atoms with van der Waals surface area (Å²) in [7, 11) is 0. The van der Waals surface area contributed by atoms with Crippen molar-refractivity contribution in [2.45, 2.75) is 16.3 Å². The van der Waals surface area contributed by atoms with E-state index in [0.717, 1.165) is 5.56 Å². The molecule has 0 aromatic heterocycles. The number of halogens is 3. The number of nitrogens with one attached hydrogen (secondary N) is 1. The van der Waals surface area contributed by atoms with Gasteiger partial charge in [0.1, 0.15) is 0 Å². The number of carboxylic acids is 1. The van der Waals surface area contributed by atoms with Crippen molar-refractivity contribution < 1.29 is 14.7 Å². The van der Waals surface area contributed by atoms with Crippen LogP contribution in [0.1, 0.15) is 12.0 Å². The van der Waals surface area contributed by atoms with Crippen LogP contribution in [0.5, 0.6) is 0 Å². The molecule has 0 bridgehead atoms. The number of hydrogen-bond acceptors (Lipinski definition) is 2. The van der Waals surface area contributed by atoms with Crippen LogP contribution in [-0.2, 0) is 9.59 Å². The fourth-order valence-electron chi connectivity index (χ4n) is 1.40. The highest BCUT2D eigenvalue weighted by Crippen LogP contribution is 2.26. The Labute approximate surface area is 131 Å². The number of hydrogen-bond donors (Lipinski definition) is 2. The summed E-state index contributed by atoms with van der Waals surface area (Å²) >= 11 is 16.3. The summed E-state index contributed by atoms with van der Waals surface area (Å²) in [6, 6.07) is 8.44. The summed E-state index contributed by atoms with van der Waals surface area (Å²) in [6.45, 7) is 0. The van der Waals surface area contributed by atoms with E-state index in [-0.39, 0.29) is 6.42 Å². The Kier molecular flexibility index (Phi) is 6.33. The van der Waals surface area contributed by atoms with Crippen LogP contribution in [0.4, 0.5) is 0 Å². The molecule has 0 aliphatic rings. The molecule has 4 nitrogen and oxygen atoms in total. The lowest BCUT2D eigenvalue weighted by molar-refractivity contribution is -0.137. The molecule has 1 aromatic carbocycles. The average Bonchev–Trinajstić information content (AvgIpc) is 2.35. The lowest BCUT2D eigenvalue weighted by Gasteiger charge is -2.17. The predicted octanol–water partition coefficient (Wildman–Crippen LogP) is 3.03. The van der Waals surface area contributed by atoms with Gasteiger partial charge in [-0.3, -0.25) is 9.59 Å². The van der Waals surface area contributed by atoms with E-state index in [1.807, 2.05) is 30.3 Å². The van der Waals surface area contributed by atoms with Crippen molar-refractivity contribution in [1.29, 1.82) is 0 Å². The molecule has 2 N–H and O–H groups in total. The molecular formula is C13H12Cl3NO3. The average molecular weight is 337 g/mol. The Balaban J connectivity index is 2.77. The van der Waals surface area contributed by atoms with Crippen LogP contribution in [0, 0.1) is 0 Å². The minimum Gasteiger partial charge on any atom is -0.481 e. The van der Waals surface area contributed by atoms with E-state index in [9.17, 15) is 9.59 Å². The highest BCUT2D eigenvalue weighted by Gasteiger charge is 2.32. The van der Waals surface area contributed by atoms with Crippen molar-refractivity contribution in [3.8, 4) is 0 Å². The van der Waals surface area contributed by atoms with E-state index in [1.165, 1.54) is 6.08 Å². The Bertz CT molecular complexity index is 497. The first-order valence-corrected chi connectivity index (χ1v) is 6.75. The Hall–Kier alpha value is -1.23. The molecular weight excluding hydrogens is 325 g/mol. The van der Waals surface area contributed by atoms with Crippen LogP contribution in [0.2, 0.25) is 0 Å². The molecule has 1 amide bonds. The van der Waals surface area contributed by atoms with Crippen LogP contribution < -0.4 is 5.32 Å². The van der Waals surface area contributed by atoms with E-state index in [2.05, 4.69) is 5.32 Å². The van der Waals surface area contributed by atoms with Crippen molar-refractivity contribution in [2.24, 2.45) is 0 Å². The number of carboxylic acid groups (broad SMARTS) is 1. The summed E-state index contributed by atoms with van der Waals surface area (Å²) in [5.41, 5.74) is 0.867. The van der Waals surface area contributed by atoms with Crippen LogP contribution in [0.15, 0.2) is 36.4 Å². The van der Waals surface area contributed by atoms with Crippen molar-refractivity contribution in [3.05, 3.63) is 42.0 Å². The summed E-state index contributed by atoms with van der Waals surface area (Å²) in [5, 5.41) is 11.2. The van der Waals surface area contributed by atoms with Gasteiger partial charge in [-0.2, -0.15) is 0 Å². The molecule has 1 aromatic rings. The summed E-state index contributed by atoms with van der Waals surface area (Å²) in [6.07, 6.45) is 2.92. The highest BCUT2D eigenvalue weighted by atomic mass is 35.6. The van der Waals surface area contributed by atoms with Gasteiger partial charge in [0.05, 0.1) is 12.5 Å². The molecule has 108 valence electrons. The van der Waals surface area contributed by atoms with Crippen LogP contribution in [0.3, 0.4) is 0 Å². The monoisotopic (exact) mass is 335 g/mol. The number of carbonyl (C=O) groups is 2. The smallest absolute Gasteiger partial charge is 0.305 e. The second kappa shape index (κ2) is 7.53. The zero-order valence-corrected chi connectivity index (χ0v) is 12.5. The molecule has 0 spiro atoms. The van der Waals surface area contributed by atoms with E-state index >= 15 is 0 Å². The largest absolute Gasteiger partial charge is 0.481 e. The molecule has 0 saturated carbocycles. The quantitative estimate of drug-likeness (QED) is 0.812. The lowest BCUT2D eigenvalue weighted by Crippen LogP contribution is -2.41. The third kappa shape index (κ3) is 6.28. The number of carbonyl (C=O) groups excluding carboxylic acids is 1. The van der Waals surface area contributed by atoms with Gasteiger partial charge in [-0.25, -0.2) is 0 Å². The molecule has 0 radical (unpaired) electrons. The predicted molar refractivity (Wildman–Crippen MR) is 79.9 cm³/mol.